The van der Waals surface area contributed by atoms with Crippen LogP contribution in [0.4, 0.5) is 23.2 Å². The molecule has 12 heteroatoms. The highest BCUT2D eigenvalue weighted by Gasteiger charge is 2.54. The maximum atomic E-state index is 14.7. The zero-order valence-corrected chi connectivity index (χ0v) is 18.9. The van der Waals surface area contributed by atoms with Gasteiger partial charge in [0.1, 0.15) is 17.3 Å². The Balaban J connectivity index is 1.86. The van der Waals surface area contributed by atoms with E-state index in [0.29, 0.717) is 5.75 Å². The lowest BCUT2D eigenvalue weighted by molar-refractivity contribution is -0.140. The molecule has 1 fully saturated rings. The fourth-order valence-electron chi connectivity index (χ4n) is 3.72. The molecule has 1 aromatic heterocycles. The maximum Gasteiger partial charge on any atom is 0.390 e. The minimum absolute atomic E-state index is 0.0640. The average molecular weight is 489 g/mol. The van der Waals surface area contributed by atoms with E-state index < -0.39 is 56.7 Å². The molecule has 2 atom stereocenters. The largest absolute Gasteiger partial charge is 0.495 e. The number of halogens is 4. The summed E-state index contributed by atoms with van der Waals surface area (Å²) in [5.74, 6) is -1.66. The SMILES string of the molecule is COc1ccc(C(=O)Nc2ccc(F)c(C3(C)CS(=O)(=O)C(C)(CC(F)(F)F)CN3)c2)nc1. The van der Waals surface area contributed by atoms with Gasteiger partial charge in [-0.1, -0.05) is 0 Å². The molecule has 1 aromatic carbocycles. The predicted octanol–water partition coefficient (Wildman–Crippen LogP) is 3.43. The number of alkyl halides is 3. The van der Waals surface area contributed by atoms with Gasteiger partial charge in [0.25, 0.3) is 5.91 Å². The third-order valence-electron chi connectivity index (χ3n) is 5.68. The van der Waals surface area contributed by atoms with Gasteiger partial charge in [0.2, 0.25) is 0 Å². The van der Waals surface area contributed by atoms with Gasteiger partial charge in [-0.25, -0.2) is 17.8 Å². The number of aromatic nitrogens is 1. The van der Waals surface area contributed by atoms with Crippen molar-refractivity contribution in [2.45, 2.75) is 36.7 Å². The first-order valence-corrected chi connectivity index (χ1v) is 11.5. The van der Waals surface area contributed by atoms with Gasteiger partial charge in [-0.3, -0.25) is 4.79 Å². The molecule has 2 aromatic rings. The van der Waals surface area contributed by atoms with Crippen LogP contribution < -0.4 is 15.4 Å². The molecule has 3 rings (SSSR count). The molecule has 2 heterocycles. The highest BCUT2D eigenvalue weighted by molar-refractivity contribution is 7.92. The molecule has 2 unspecified atom stereocenters. The Morgan fingerprint density at radius 3 is 2.48 bits per heavy atom. The topological polar surface area (TPSA) is 97.4 Å². The van der Waals surface area contributed by atoms with Gasteiger partial charge in [-0.15, -0.1) is 0 Å². The summed E-state index contributed by atoms with van der Waals surface area (Å²) in [5.41, 5.74) is -1.37. The molecular formula is C21H23F4N3O4S. The van der Waals surface area contributed by atoms with Crippen molar-refractivity contribution in [1.29, 1.82) is 0 Å². The molecule has 1 aliphatic rings. The standard InChI is InChI=1S/C21H23F4N3O4S/c1-19(10-21(23,24)25)11-27-20(2,12-33(19,30)31)15-8-13(4-6-16(15)22)28-18(29)17-7-5-14(32-3)9-26-17/h4-9,27H,10-12H2,1-3H3,(H,28,29). The fraction of sp³-hybridized carbons (Fsp3) is 0.429. The lowest BCUT2D eigenvalue weighted by Crippen LogP contribution is -2.62. The summed E-state index contributed by atoms with van der Waals surface area (Å²) in [6.45, 7) is 1.90. The number of pyridine rings is 1. The Morgan fingerprint density at radius 2 is 1.94 bits per heavy atom. The van der Waals surface area contributed by atoms with Gasteiger partial charge in [-0.2, -0.15) is 13.2 Å². The zero-order chi connectivity index (χ0) is 24.7. The number of hydrogen-bond acceptors (Lipinski definition) is 6. The van der Waals surface area contributed by atoms with Crippen LogP contribution in [-0.2, 0) is 15.4 Å². The Kier molecular flexibility index (Phi) is 6.46. The number of hydrogen-bond donors (Lipinski definition) is 2. The number of carbonyl (C=O) groups is 1. The minimum atomic E-state index is -4.68. The second-order valence-electron chi connectivity index (χ2n) is 8.42. The summed E-state index contributed by atoms with van der Waals surface area (Å²) in [5, 5.41) is 5.34. The first kappa shape index (κ1) is 24.9. The number of carbonyl (C=O) groups excluding carboxylic acids is 1. The Hall–Kier alpha value is -2.73. The number of ether oxygens (including phenoxy) is 1. The van der Waals surface area contributed by atoms with Crippen LogP contribution in [0, 0.1) is 5.82 Å². The monoisotopic (exact) mass is 489 g/mol. The molecule has 33 heavy (non-hydrogen) atoms. The second kappa shape index (κ2) is 8.56. The summed E-state index contributed by atoms with van der Waals surface area (Å²) in [6, 6.07) is 6.56. The van der Waals surface area contributed by atoms with E-state index in [1.54, 1.807) is 0 Å². The van der Waals surface area contributed by atoms with Gasteiger partial charge < -0.3 is 15.4 Å². The summed E-state index contributed by atoms with van der Waals surface area (Å²) >= 11 is 0. The molecule has 1 saturated heterocycles. The number of rotatable bonds is 5. The van der Waals surface area contributed by atoms with Gasteiger partial charge >= 0.3 is 6.18 Å². The molecule has 1 amide bonds. The molecule has 2 N–H and O–H groups in total. The summed E-state index contributed by atoms with van der Waals surface area (Å²) in [7, 11) is -2.83. The molecule has 0 aliphatic carbocycles. The van der Waals surface area contributed by atoms with Crippen molar-refractivity contribution in [3.63, 3.8) is 0 Å². The van der Waals surface area contributed by atoms with Crippen molar-refractivity contribution in [3.8, 4) is 5.75 Å². The van der Waals surface area contributed by atoms with Crippen LogP contribution >= 0.6 is 0 Å². The van der Waals surface area contributed by atoms with Crippen LogP contribution in [0.1, 0.15) is 36.3 Å². The van der Waals surface area contributed by atoms with Gasteiger partial charge in [-0.05, 0) is 44.2 Å². The van der Waals surface area contributed by atoms with Crippen molar-refractivity contribution < 1.29 is 35.5 Å². The Bertz CT molecular complexity index is 1160. The van der Waals surface area contributed by atoms with E-state index >= 15 is 0 Å². The minimum Gasteiger partial charge on any atom is -0.495 e. The van der Waals surface area contributed by atoms with Crippen LogP contribution in [0.3, 0.4) is 0 Å². The second-order valence-corrected chi connectivity index (χ2v) is 10.9. The molecular weight excluding hydrogens is 466 g/mol. The molecule has 0 spiro atoms. The molecule has 1 aliphatic heterocycles. The molecule has 7 nitrogen and oxygen atoms in total. The lowest BCUT2D eigenvalue weighted by Gasteiger charge is -2.44. The number of amides is 1. The number of nitrogens with zero attached hydrogens (tertiary/aromatic N) is 1. The molecule has 0 saturated carbocycles. The van der Waals surface area contributed by atoms with E-state index in [-0.39, 0.29) is 16.9 Å². The van der Waals surface area contributed by atoms with Gasteiger partial charge in [0.05, 0.1) is 35.8 Å². The fourth-order valence-corrected chi connectivity index (χ4v) is 5.76. The summed E-state index contributed by atoms with van der Waals surface area (Å²) in [6.07, 6.45) is -4.85. The van der Waals surface area contributed by atoms with Crippen LogP contribution in [0.15, 0.2) is 36.5 Å². The van der Waals surface area contributed by atoms with E-state index in [9.17, 15) is 30.8 Å². The van der Waals surface area contributed by atoms with Crippen LogP contribution in [0.2, 0.25) is 0 Å². The quantitative estimate of drug-likeness (QED) is 0.625. The van der Waals surface area contributed by atoms with Crippen LogP contribution in [0.25, 0.3) is 0 Å². The van der Waals surface area contributed by atoms with Gasteiger partial charge in [0.15, 0.2) is 9.84 Å². The molecule has 180 valence electrons. The zero-order valence-electron chi connectivity index (χ0n) is 18.1. The van der Waals surface area contributed by atoms with Crippen LogP contribution in [0.5, 0.6) is 5.75 Å². The number of nitrogens with one attached hydrogen (secondary N) is 2. The lowest BCUT2D eigenvalue weighted by atomic mass is 9.91. The first-order valence-electron chi connectivity index (χ1n) is 9.84. The Morgan fingerprint density at radius 1 is 1.24 bits per heavy atom. The van der Waals surface area contributed by atoms with Crippen LogP contribution in [-0.4, -0.2) is 49.6 Å². The predicted molar refractivity (Wildman–Crippen MR) is 113 cm³/mol. The number of anilines is 1. The van der Waals surface area contributed by atoms with Crippen molar-refractivity contribution >= 4 is 21.4 Å². The molecule has 0 radical (unpaired) electrons. The maximum absolute atomic E-state index is 14.7. The van der Waals surface area contributed by atoms with E-state index in [1.165, 1.54) is 44.5 Å². The van der Waals surface area contributed by atoms with E-state index in [2.05, 4.69) is 15.6 Å². The van der Waals surface area contributed by atoms with Crippen molar-refractivity contribution in [2.75, 3.05) is 24.7 Å². The van der Waals surface area contributed by atoms with Crippen molar-refractivity contribution in [1.82, 2.24) is 10.3 Å². The molecule has 0 bridgehead atoms. The normalized spacial score (nSPS) is 24.8. The number of methoxy groups -OCH3 is 1. The van der Waals surface area contributed by atoms with E-state index in [0.717, 1.165) is 13.0 Å². The smallest absolute Gasteiger partial charge is 0.390 e. The third-order valence-corrected chi connectivity index (χ3v) is 8.43. The summed E-state index contributed by atoms with van der Waals surface area (Å²) < 4.78 is 82.2. The third kappa shape index (κ3) is 5.27. The van der Waals surface area contributed by atoms with E-state index in [4.69, 9.17) is 4.74 Å². The van der Waals surface area contributed by atoms with Crippen molar-refractivity contribution in [2.24, 2.45) is 0 Å². The summed E-state index contributed by atoms with van der Waals surface area (Å²) in [4.78, 5) is 16.4. The Labute approximate surface area is 188 Å². The highest BCUT2D eigenvalue weighted by atomic mass is 32.2. The van der Waals surface area contributed by atoms with Gasteiger partial charge in [0, 0.05) is 17.8 Å². The first-order chi connectivity index (χ1) is 15.2. The van der Waals surface area contributed by atoms with Crippen molar-refractivity contribution in [3.05, 3.63) is 53.6 Å². The highest BCUT2D eigenvalue weighted by Crippen LogP contribution is 2.40. The average Bonchev–Trinajstić information content (AvgIpc) is 2.71. The number of benzene rings is 1. The number of sulfone groups is 1. The van der Waals surface area contributed by atoms with E-state index in [1.807, 2.05) is 0 Å².